The molecule has 0 saturated heterocycles. The fourth-order valence-electron chi connectivity index (χ4n) is 6.77. The van der Waals surface area contributed by atoms with Crippen molar-refractivity contribution in [3.8, 4) is 22.3 Å². The third-order valence-electron chi connectivity index (χ3n) is 9.06. The van der Waals surface area contributed by atoms with E-state index in [-0.39, 0.29) is 0 Å². The average Bonchev–Trinajstić information content (AvgIpc) is 3.52. The third-order valence-corrected chi connectivity index (χ3v) is 9.06. The summed E-state index contributed by atoms with van der Waals surface area (Å²) in [4.78, 5) is 2.34. The van der Waals surface area contributed by atoms with E-state index in [4.69, 9.17) is 4.42 Å². The van der Waals surface area contributed by atoms with Crippen molar-refractivity contribution in [3.05, 3.63) is 176 Å². The normalized spacial score (nSPS) is 11.5. The molecule has 0 aliphatic carbocycles. The molecule has 216 valence electrons. The summed E-state index contributed by atoms with van der Waals surface area (Å²) in [5.74, 6) is 0. The number of rotatable bonds is 5. The standard InChI is InChI=1S/C44H29NO/c1-2-10-35(11-3-1)45(37-28-25-34-22-21-32-9-4-5-12-38(32)42(34)29-37)36-26-23-31(24-27-36)30-17-19-33(20-18-30)39-14-8-15-41-40-13-6-7-16-43(40)46-44(39)41/h1-29H. The van der Waals surface area contributed by atoms with E-state index in [0.717, 1.165) is 50.1 Å². The fraction of sp³-hybridized carbons (Fsp3) is 0. The van der Waals surface area contributed by atoms with Crippen LogP contribution in [0.1, 0.15) is 0 Å². The van der Waals surface area contributed by atoms with Crippen LogP contribution in [0.3, 0.4) is 0 Å². The average molecular weight is 588 g/mol. The molecule has 9 rings (SSSR count). The zero-order valence-electron chi connectivity index (χ0n) is 25.1. The molecular formula is C44H29NO. The van der Waals surface area contributed by atoms with Crippen molar-refractivity contribution in [2.24, 2.45) is 0 Å². The molecule has 0 aliphatic rings. The van der Waals surface area contributed by atoms with E-state index < -0.39 is 0 Å². The lowest BCUT2D eigenvalue weighted by molar-refractivity contribution is 0.670. The zero-order chi connectivity index (χ0) is 30.5. The van der Waals surface area contributed by atoms with E-state index in [1.165, 1.54) is 32.7 Å². The number of nitrogens with zero attached hydrogens (tertiary/aromatic N) is 1. The molecule has 0 spiro atoms. The summed E-state index contributed by atoms with van der Waals surface area (Å²) in [5.41, 5.74) is 9.83. The molecule has 9 aromatic rings. The number of para-hydroxylation sites is 3. The quantitative estimate of drug-likeness (QED) is 0.186. The molecule has 0 amide bonds. The van der Waals surface area contributed by atoms with E-state index in [0.29, 0.717) is 0 Å². The number of fused-ring (bicyclic) bond motifs is 6. The number of benzene rings is 8. The largest absolute Gasteiger partial charge is 0.455 e. The Morgan fingerprint density at radius 2 is 0.913 bits per heavy atom. The first-order chi connectivity index (χ1) is 22.8. The molecule has 0 N–H and O–H groups in total. The molecule has 1 heterocycles. The molecular weight excluding hydrogens is 558 g/mol. The maximum Gasteiger partial charge on any atom is 0.143 e. The van der Waals surface area contributed by atoms with Crippen LogP contribution in [0.2, 0.25) is 0 Å². The second-order valence-electron chi connectivity index (χ2n) is 11.8. The Labute approximate surface area is 267 Å². The van der Waals surface area contributed by atoms with E-state index >= 15 is 0 Å². The maximum absolute atomic E-state index is 6.30. The number of hydrogen-bond acceptors (Lipinski definition) is 2. The van der Waals surface area contributed by atoms with Crippen molar-refractivity contribution in [1.29, 1.82) is 0 Å². The van der Waals surface area contributed by atoms with Gasteiger partial charge in [0.15, 0.2) is 0 Å². The van der Waals surface area contributed by atoms with Crippen LogP contribution in [0.4, 0.5) is 17.1 Å². The first kappa shape index (κ1) is 26.3. The summed E-state index contributed by atoms with van der Waals surface area (Å²) in [7, 11) is 0. The highest BCUT2D eigenvalue weighted by molar-refractivity contribution is 6.10. The van der Waals surface area contributed by atoms with Crippen LogP contribution >= 0.6 is 0 Å². The molecule has 2 nitrogen and oxygen atoms in total. The van der Waals surface area contributed by atoms with Gasteiger partial charge in [0.25, 0.3) is 0 Å². The predicted molar refractivity (Wildman–Crippen MR) is 194 cm³/mol. The topological polar surface area (TPSA) is 16.4 Å². The lowest BCUT2D eigenvalue weighted by Crippen LogP contribution is -2.09. The summed E-state index contributed by atoms with van der Waals surface area (Å²) in [6.45, 7) is 0. The van der Waals surface area contributed by atoms with Crippen molar-refractivity contribution in [3.63, 3.8) is 0 Å². The van der Waals surface area contributed by atoms with Gasteiger partial charge in [-0.2, -0.15) is 0 Å². The highest BCUT2D eigenvalue weighted by atomic mass is 16.3. The molecule has 0 bridgehead atoms. The Morgan fingerprint density at radius 3 is 1.72 bits per heavy atom. The van der Waals surface area contributed by atoms with Crippen molar-refractivity contribution in [2.45, 2.75) is 0 Å². The van der Waals surface area contributed by atoms with Gasteiger partial charge in [0.1, 0.15) is 11.2 Å². The summed E-state index contributed by atoms with van der Waals surface area (Å²) in [5, 5.41) is 7.32. The Hall–Kier alpha value is -6.12. The van der Waals surface area contributed by atoms with Gasteiger partial charge in [-0.1, -0.05) is 133 Å². The molecule has 0 radical (unpaired) electrons. The summed E-state index contributed by atoms with van der Waals surface area (Å²) in [6, 6.07) is 62.7. The van der Waals surface area contributed by atoms with Gasteiger partial charge in [-0.25, -0.2) is 0 Å². The minimum Gasteiger partial charge on any atom is -0.455 e. The molecule has 8 aromatic carbocycles. The monoisotopic (exact) mass is 587 g/mol. The van der Waals surface area contributed by atoms with Crippen molar-refractivity contribution >= 4 is 60.5 Å². The number of hydrogen-bond donors (Lipinski definition) is 0. The molecule has 0 saturated carbocycles. The Balaban J connectivity index is 1.08. The van der Waals surface area contributed by atoms with Gasteiger partial charge >= 0.3 is 0 Å². The highest BCUT2D eigenvalue weighted by Gasteiger charge is 2.15. The van der Waals surface area contributed by atoms with Crippen LogP contribution in [0.15, 0.2) is 180 Å². The second kappa shape index (κ2) is 10.8. The molecule has 0 unspecified atom stereocenters. The van der Waals surface area contributed by atoms with Crippen molar-refractivity contribution in [1.82, 2.24) is 0 Å². The van der Waals surface area contributed by atoms with Crippen LogP contribution in [-0.4, -0.2) is 0 Å². The van der Waals surface area contributed by atoms with E-state index in [9.17, 15) is 0 Å². The van der Waals surface area contributed by atoms with Gasteiger partial charge < -0.3 is 9.32 Å². The van der Waals surface area contributed by atoms with Gasteiger partial charge in [0.05, 0.1) is 0 Å². The molecule has 46 heavy (non-hydrogen) atoms. The number of anilines is 3. The molecule has 0 aliphatic heterocycles. The Bertz CT molecular complexity index is 2510. The van der Waals surface area contributed by atoms with Crippen LogP contribution in [0, 0.1) is 0 Å². The Morgan fingerprint density at radius 1 is 0.348 bits per heavy atom. The van der Waals surface area contributed by atoms with Gasteiger partial charge in [-0.3, -0.25) is 0 Å². The van der Waals surface area contributed by atoms with Crippen molar-refractivity contribution < 1.29 is 4.42 Å². The lowest BCUT2D eigenvalue weighted by Gasteiger charge is -2.26. The lowest BCUT2D eigenvalue weighted by atomic mass is 9.98. The summed E-state index contributed by atoms with van der Waals surface area (Å²) >= 11 is 0. The third kappa shape index (κ3) is 4.43. The fourth-order valence-corrected chi connectivity index (χ4v) is 6.77. The minimum atomic E-state index is 0.920. The Kier molecular flexibility index (Phi) is 6.17. The van der Waals surface area contributed by atoms with Gasteiger partial charge in [0.2, 0.25) is 0 Å². The zero-order valence-corrected chi connectivity index (χ0v) is 25.1. The van der Waals surface area contributed by atoms with Crippen molar-refractivity contribution in [2.75, 3.05) is 4.90 Å². The smallest absolute Gasteiger partial charge is 0.143 e. The van der Waals surface area contributed by atoms with E-state index in [2.05, 4.69) is 169 Å². The SMILES string of the molecule is c1ccc(N(c2ccc(-c3ccc(-c4cccc5c4oc4ccccc45)cc3)cc2)c2ccc3ccc4ccccc4c3c2)cc1. The van der Waals surface area contributed by atoms with Gasteiger partial charge in [-0.05, 0) is 80.7 Å². The van der Waals surface area contributed by atoms with Crippen LogP contribution in [0.25, 0.3) is 65.7 Å². The van der Waals surface area contributed by atoms with Gasteiger partial charge in [-0.15, -0.1) is 0 Å². The van der Waals surface area contributed by atoms with Crippen LogP contribution in [0.5, 0.6) is 0 Å². The molecule has 2 heteroatoms. The molecule has 1 aromatic heterocycles. The maximum atomic E-state index is 6.30. The van der Waals surface area contributed by atoms with E-state index in [1.807, 2.05) is 12.1 Å². The molecule has 0 atom stereocenters. The first-order valence-electron chi connectivity index (χ1n) is 15.7. The summed E-state index contributed by atoms with van der Waals surface area (Å²) in [6.07, 6.45) is 0. The van der Waals surface area contributed by atoms with Crippen LogP contribution < -0.4 is 4.90 Å². The second-order valence-corrected chi connectivity index (χ2v) is 11.8. The minimum absolute atomic E-state index is 0.920. The predicted octanol–water partition coefficient (Wildman–Crippen LogP) is 12.7. The van der Waals surface area contributed by atoms with Gasteiger partial charge in [0, 0.05) is 33.4 Å². The summed E-state index contributed by atoms with van der Waals surface area (Å²) < 4.78 is 6.30. The highest BCUT2D eigenvalue weighted by Crippen LogP contribution is 2.39. The van der Waals surface area contributed by atoms with Crippen LogP contribution in [-0.2, 0) is 0 Å². The first-order valence-corrected chi connectivity index (χ1v) is 15.7. The molecule has 0 fully saturated rings. The van der Waals surface area contributed by atoms with E-state index in [1.54, 1.807) is 0 Å². The number of furan rings is 1.